The van der Waals surface area contributed by atoms with Crippen LogP contribution >= 0.6 is 0 Å². The van der Waals surface area contributed by atoms with Crippen molar-refractivity contribution in [3.63, 3.8) is 0 Å². The molecule has 0 bridgehead atoms. The fourth-order valence-corrected chi connectivity index (χ4v) is 4.33. The summed E-state index contributed by atoms with van der Waals surface area (Å²) in [7, 11) is -4.33. The molecule has 0 saturated carbocycles. The maximum Gasteiger partial charge on any atom is 0.268 e. The van der Waals surface area contributed by atoms with Gasteiger partial charge in [0.25, 0.3) is 5.52 Å². The molecular weight excluding hydrogens is 374 g/mol. The third kappa shape index (κ3) is 3.95. The van der Waals surface area contributed by atoms with Crippen LogP contribution < -0.4 is 10.5 Å². The highest BCUT2D eigenvalue weighted by Gasteiger charge is 2.11. The van der Waals surface area contributed by atoms with E-state index in [1.807, 2.05) is 37.4 Å². The number of benzene rings is 2. The van der Waals surface area contributed by atoms with Gasteiger partial charge in [0.1, 0.15) is 15.6 Å². The molecule has 0 unspecified atom stereocenters. The fourth-order valence-electron chi connectivity index (χ4n) is 3.43. The number of aryl methyl sites for hydroxylation is 3. The molecule has 0 atom stereocenters. The quantitative estimate of drug-likeness (QED) is 0.231. The third-order valence-corrected chi connectivity index (χ3v) is 5.56. The zero-order valence-electron chi connectivity index (χ0n) is 15.9. The molecule has 4 aromatic rings. The Morgan fingerprint density at radius 3 is 2.21 bits per heavy atom. The maximum atomic E-state index is 10.8. The van der Waals surface area contributed by atoms with E-state index in [9.17, 15) is 13.0 Å². The van der Waals surface area contributed by atoms with E-state index in [0.29, 0.717) is 11.1 Å². The first kappa shape index (κ1) is 19.7. The van der Waals surface area contributed by atoms with Gasteiger partial charge in [0.05, 0.1) is 10.3 Å². The van der Waals surface area contributed by atoms with Crippen molar-refractivity contribution in [2.24, 2.45) is 0 Å². The van der Waals surface area contributed by atoms with Gasteiger partial charge in [-0.25, -0.2) is 19.2 Å². The summed E-state index contributed by atoms with van der Waals surface area (Å²) in [6, 6.07) is 15.4. The second-order valence-electron chi connectivity index (χ2n) is 6.68. The highest BCUT2D eigenvalue weighted by Crippen LogP contribution is 2.21. The average Bonchev–Trinajstić information content (AvgIpc) is 2.60. The normalized spacial score (nSPS) is 11.3. The molecule has 144 valence electrons. The Hall–Kier alpha value is -3.03. The van der Waals surface area contributed by atoms with E-state index in [1.165, 1.54) is 0 Å². The molecule has 6 nitrogen and oxygen atoms in total. The van der Waals surface area contributed by atoms with Gasteiger partial charge in [-0.15, -0.1) is 0 Å². The highest BCUT2D eigenvalue weighted by molar-refractivity contribution is 7.85. The van der Waals surface area contributed by atoms with Crippen molar-refractivity contribution in [2.75, 3.05) is 5.84 Å². The molecular formula is C21H21N3O3S. The molecule has 4 rings (SSSR count). The first-order valence-electron chi connectivity index (χ1n) is 8.65. The molecule has 0 aliphatic heterocycles. The Labute approximate surface area is 164 Å². The molecule has 28 heavy (non-hydrogen) atoms. The number of aromatic nitrogens is 2. The number of rotatable bonds is 1. The molecule has 2 aromatic carbocycles. The van der Waals surface area contributed by atoms with Gasteiger partial charge in [0.15, 0.2) is 6.20 Å². The number of nitrogens with zero attached hydrogens (tertiary/aromatic N) is 2. The van der Waals surface area contributed by atoms with Gasteiger partial charge in [-0.1, -0.05) is 34.5 Å². The van der Waals surface area contributed by atoms with Crippen molar-refractivity contribution < 1.29 is 17.6 Å². The highest BCUT2D eigenvalue weighted by atomic mass is 32.2. The van der Waals surface area contributed by atoms with Crippen LogP contribution in [0.3, 0.4) is 0 Å². The van der Waals surface area contributed by atoms with Gasteiger partial charge in [-0.2, -0.15) is 0 Å². The average molecular weight is 395 g/mol. The van der Waals surface area contributed by atoms with Crippen molar-refractivity contribution in [1.29, 1.82) is 0 Å². The summed E-state index contributed by atoms with van der Waals surface area (Å²) >= 11 is 0. The van der Waals surface area contributed by atoms with Gasteiger partial charge in [-0.3, -0.25) is 0 Å². The minimum absolute atomic E-state index is 0.0851. The molecule has 2 aromatic heterocycles. The Bertz CT molecular complexity index is 1260. The Morgan fingerprint density at radius 2 is 1.57 bits per heavy atom. The summed E-state index contributed by atoms with van der Waals surface area (Å²) in [5.74, 6) is 5.90. The van der Waals surface area contributed by atoms with E-state index in [0.717, 1.165) is 27.4 Å². The van der Waals surface area contributed by atoms with Gasteiger partial charge in [0.2, 0.25) is 0 Å². The molecule has 2 heterocycles. The van der Waals surface area contributed by atoms with Crippen LogP contribution in [0.15, 0.2) is 65.8 Å². The molecule has 0 spiro atoms. The van der Waals surface area contributed by atoms with Gasteiger partial charge in [-0.05, 0) is 50.1 Å². The lowest BCUT2D eigenvalue weighted by atomic mass is 10.1. The van der Waals surface area contributed by atoms with E-state index >= 15 is 0 Å². The SMILES string of the molecule is Cc1cc(C)c(S(=O)(=O)[O-])c(C)c1.N[n+]1cccc2ccc3cccnc3c21. The summed E-state index contributed by atoms with van der Waals surface area (Å²) in [6.45, 7) is 5.12. The molecule has 0 radical (unpaired) electrons. The summed E-state index contributed by atoms with van der Waals surface area (Å²) in [5, 5.41) is 2.21. The van der Waals surface area contributed by atoms with Crippen LogP contribution in [0.2, 0.25) is 0 Å². The van der Waals surface area contributed by atoms with Gasteiger partial charge in [0, 0.05) is 17.6 Å². The molecule has 2 N–H and O–H groups in total. The first-order valence-corrected chi connectivity index (χ1v) is 10.1. The summed E-state index contributed by atoms with van der Waals surface area (Å²) < 4.78 is 34.1. The first-order chi connectivity index (χ1) is 13.2. The maximum absolute atomic E-state index is 10.8. The van der Waals surface area contributed by atoms with Crippen LogP contribution in [0.4, 0.5) is 0 Å². The van der Waals surface area contributed by atoms with Gasteiger partial charge < -0.3 is 4.55 Å². The molecule has 0 aliphatic carbocycles. The number of hydrogen-bond acceptors (Lipinski definition) is 5. The minimum atomic E-state index is -4.33. The van der Waals surface area contributed by atoms with Crippen LogP contribution in [-0.2, 0) is 10.1 Å². The molecule has 0 amide bonds. The molecule has 0 saturated heterocycles. The Kier molecular flexibility index (Phi) is 5.31. The third-order valence-electron chi connectivity index (χ3n) is 4.41. The van der Waals surface area contributed by atoms with E-state index in [1.54, 1.807) is 36.9 Å². The predicted molar refractivity (Wildman–Crippen MR) is 108 cm³/mol. The zero-order chi connectivity index (χ0) is 20.5. The lowest BCUT2D eigenvalue weighted by molar-refractivity contribution is -0.610. The molecule has 7 heteroatoms. The van der Waals surface area contributed by atoms with Crippen LogP contribution in [0, 0.1) is 20.8 Å². The lowest BCUT2D eigenvalue weighted by Crippen LogP contribution is -2.44. The fraction of sp³-hybridized carbons (Fsp3) is 0.143. The predicted octanol–water partition coefficient (Wildman–Crippen LogP) is 2.91. The van der Waals surface area contributed by atoms with E-state index in [2.05, 4.69) is 17.1 Å². The Morgan fingerprint density at radius 1 is 0.964 bits per heavy atom. The van der Waals surface area contributed by atoms with Gasteiger partial charge >= 0.3 is 0 Å². The Balaban J connectivity index is 0.000000163. The van der Waals surface area contributed by atoms with E-state index in [4.69, 9.17) is 5.84 Å². The number of hydrogen-bond donors (Lipinski definition) is 1. The number of pyridine rings is 2. The summed E-state index contributed by atoms with van der Waals surface area (Å²) in [6.07, 6.45) is 3.62. The van der Waals surface area contributed by atoms with Crippen LogP contribution in [0.5, 0.6) is 0 Å². The van der Waals surface area contributed by atoms with Crippen molar-refractivity contribution in [3.8, 4) is 0 Å². The molecule has 0 fully saturated rings. The standard InChI is InChI=1S/C12H10N3.C9H12O3S/c13-15-8-2-4-10-6-5-9-3-1-7-14-11(9)12(10)15;1-6-4-7(2)9(8(3)5-6)13(10,11)12/h1-8H,13H2;4-5H,1-3H3,(H,10,11,12)/q+1;/p-1. The van der Waals surface area contributed by atoms with Crippen LogP contribution in [0.1, 0.15) is 16.7 Å². The second-order valence-corrected chi connectivity index (χ2v) is 7.99. The second kappa shape index (κ2) is 7.53. The zero-order valence-corrected chi connectivity index (χ0v) is 16.7. The minimum Gasteiger partial charge on any atom is -0.744 e. The monoisotopic (exact) mass is 395 g/mol. The van der Waals surface area contributed by atoms with Crippen LogP contribution in [0.25, 0.3) is 21.8 Å². The van der Waals surface area contributed by atoms with E-state index < -0.39 is 10.1 Å². The lowest BCUT2D eigenvalue weighted by Gasteiger charge is -2.14. The topological polar surface area (TPSA) is 100.0 Å². The smallest absolute Gasteiger partial charge is 0.268 e. The summed E-state index contributed by atoms with van der Waals surface area (Å²) in [4.78, 5) is 4.28. The van der Waals surface area contributed by atoms with Crippen molar-refractivity contribution in [1.82, 2.24) is 4.98 Å². The van der Waals surface area contributed by atoms with E-state index in [-0.39, 0.29) is 4.90 Å². The van der Waals surface area contributed by atoms with Crippen molar-refractivity contribution in [2.45, 2.75) is 25.7 Å². The number of nitrogens with two attached hydrogens (primary N) is 1. The number of nitrogen functional groups attached to an aromatic ring is 1. The van der Waals surface area contributed by atoms with Crippen molar-refractivity contribution in [3.05, 3.63) is 77.6 Å². The molecule has 0 aliphatic rings. The van der Waals surface area contributed by atoms with Crippen molar-refractivity contribution >= 4 is 31.9 Å². The van der Waals surface area contributed by atoms with Crippen LogP contribution in [-0.4, -0.2) is 18.0 Å². The number of fused-ring (bicyclic) bond motifs is 3. The largest absolute Gasteiger partial charge is 0.744 e. The summed E-state index contributed by atoms with van der Waals surface area (Å²) in [5.41, 5.74) is 3.91.